The molecule has 0 radical (unpaired) electrons. The van der Waals surface area contributed by atoms with Crippen molar-refractivity contribution < 1.29 is 13.5 Å². The zero-order valence-corrected chi connectivity index (χ0v) is 20.9. The minimum absolute atomic E-state index is 0.0648. The molecule has 2 aromatic carbocycles. The lowest BCUT2D eigenvalue weighted by atomic mass is 10.1. The van der Waals surface area contributed by atoms with Crippen LogP contribution in [0.25, 0.3) is 16.7 Å². The van der Waals surface area contributed by atoms with Gasteiger partial charge in [-0.2, -0.15) is 4.98 Å². The van der Waals surface area contributed by atoms with Crippen LogP contribution in [0.1, 0.15) is 16.7 Å². The summed E-state index contributed by atoms with van der Waals surface area (Å²) in [7, 11) is 0. The van der Waals surface area contributed by atoms with E-state index in [1.165, 1.54) is 12.1 Å². The van der Waals surface area contributed by atoms with Gasteiger partial charge in [-0.05, 0) is 48.4 Å². The van der Waals surface area contributed by atoms with Gasteiger partial charge in [-0.3, -0.25) is 4.90 Å². The summed E-state index contributed by atoms with van der Waals surface area (Å²) < 4.78 is 39.1. The van der Waals surface area contributed by atoms with E-state index in [0.717, 1.165) is 22.2 Å². The number of benzene rings is 2. The van der Waals surface area contributed by atoms with Crippen LogP contribution in [0, 0.1) is 18.6 Å². The molecule has 0 aliphatic carbocycles. The predicted molar refractivity (Wildman–Crippen MR) is 141 cm³/mol. The predicted octanol–water partition coefficient (Wildman–Crippen LogP) is 4.83. The zero-order chi connectivity index (χ0) is 26.1. The molecule has 1 N–H and O–H groups in total. The fourth-order valence-corrected chi connectivity index (χ4v) is 4.67. The molecule has 0 amide bonds. The number of hydrogen-bond donors (Lipinski definition) is 1. The van der Waals surface area contributed by atoms with Crippen LogP contribution >= 0.6 is 0 Å². The Morgan fingerprint density at radius 2 is 1.82 bits per heavy atom. The van der Waals surface area contributed by atoms with Crippen LogP contribution in [0.2, 0.25) is 0 Å². The second-order valence-corrected chi connectivity index (χ2v) is 9.44. The van der Waals surface area contributed by atoms with Crippen LogP contribution in [0.15, 0.2) is 67.5 Å². The maximum absolute atomic E-state index is 15.1. The maximum Gasteiger partial charge on any atom is 0.229 e. The first-order valence-corrected chi connectivity index (χ1v) is 12.5. The molecule has 1 fully saturated rings. The fourth-order valence-electron chi connectivity index (χ4n) is 4.67. The number of halogens is 2. The molecule has 0 bridgehead atoms. The largest absolute Gasteiger partial charge is 0.379 e. The number of hydrogen-bond acceptors (Lipinski definition) is 6. The number of anilines is 2. The first-order valence-electron chi connectivity index (χ1n) is 12.5. The van der Waals surface area contributed by atoms with E-state index in [1.807, 2.05) is 33.9 Å². The first kappa shape index (κ1) is 24.2. The summed E-state index contributed by atoms with van der Waals surface area (Å²) in [5.41, 5.74) is 4.12. The number of rotatable bonds is 7. The molecular weight excluding hydrogens is 488 g/mol. The summed E-state index contributed by atoms with van der Waals surface area (Å²) in [6, 6.07) is 10.6. The molecule has 0 unspecified atom stereocenters. The fraction of sp³-hybridized carbons (Fsp3) is 0.250. The van der Waals surface area contributed by atoms with Crippen LogP contribution in [0.3, 0.4) is 0 Å². The van der Waals surface area contributed by atoms with Crippen molar-refractivity contribution in [2.75, 3.05) is 31.6 Å². The summed E-state index contributed by atoms with van der Waals surface area (Å²) in [6.45, 7) is 5.42. The van der Waals surface area contributed by atoms with Crippen LogP contribution in [0.4, 0.5) is 20.4 Å². The van der Waals surface area contributed by atoms with Gasteiger partial charge >= 0.3 is 0 Å². The van der Waals surface area contributed by atoms with Gasteiger partial charge in [0.2, 0.25) is 5.95 Å². The molecule has 8 nitrogen and oxygen atoms in total. The third-order valence-corrected chi connectivity index (χ3v) is 6.83. The van der Waals surface area contributed by atoms with E-state index in [4.69, 9.17) is 4.74 Å². The molecule has 6 rings (SSSR count). The Morgan fingerprint density at radius 3 is 2.58 bits per heavy atom. The lowest BCUT2D eigenvalue weighted by Crippen LogP contribution is -2.36. The summed E-state index contributed by atoms with van der Waals surface area (Å²) in [5, 5.41) is 4.03. The van der Waals surface area contributed by atoms with Gasteiger partial charge in [-0.1, -0.05) is 6.07 Å². The van der Waals surface area contributed by atoms with Crippen molar-refractivity contribution in [1.29, 1.82) is 0 Å². The monoisotopic (exact) mass is 515 g/mol. The van der Waals surface area contributed by atoms with Gasteiger partial charge in [0.1, 0.15) is 17.3 Å². The molecule has 10 heteroatoms. The highest BCUT2D eigenvalue weighted by Gasteiger charge is 2.19. The molecule has 194 valence electrons. The van der Waals surface area contributed by atoms with E-state index in [0.29, 0.717) is 50.1 Å². The molecule has 1 saturated heterocycles. The number of aryl methyl sites for hydroxylation is 1. The summed E-state index contributed by atoms with van der Waals surface area (Å²) in [4.78, 5) is 15.2. The average Bonchev–Trinajstić information content (AvgIpc) is 3.58. The zero-order valence-electron chi connectivity index (χ0n) is 20.9. The van der Waals surface area contributed by atoms with Crippen molar-refractivity contribution >= 4 is 22.7 Å². The van der Waals surface area contributed by atoms with Gasteiger partial charge in [0.15, 0.2) is 0 Å². The molecule has 3 aromatic heterocycles. The normalized spacial score (nSPS) is 14.3. The quantitative estimate of drug-likeness (QED) is 0.335. The second kappa shape index (κ2) is 10.3. The van der Waals surface area contributed by atoms with Crippen LogP contribution in [0.5, 0.6) is 0 Å². The topological polar surface area (TPSA) is 73.0 Å². The maximum atomic E-state index is 15.1. The third-order valence-electron chi connectivity index (χ3n) is 6.83. The average molecular weight is 516 g/mol. The number of fused-ring (bicyclic) bond motifs is 1. The lowest BCUT2D eigenvalue weighted by Gasteiger charge is -2.27. The summed E-state index contributed by atoms with van der Waals surface area (Å²) >= 11 is 0. The standard InChI is InChI=1S/C28H27F2N7O/c1-19-2-3-22(12-21(19)16-36-7-5-31-18-36)33-28-32-15-20-4-6-37(27(20)34-28)23-13-25(29)24(26(30)14-23)17-35-8-10-38-11-9-35/h2-7,12-15,18H,8-11,16-17H2,1H3,(H,32,33,34). The van der Waals surface area contributed by atoms with Crippen molar-refractivity contribution in [2.24, 2.45) is 0 Å². The van der Waals surface area contributed by atoms with E-state index in [1.54, 1.807) is 29.5 Å². The molecule has 1 aliphatic rings. The van der Waals surface area contributed by atoms with E-state index in [-0.39, 0.29) is 12.1 Å². The molecule has 38 heavy (non-hydrogen) atoms. The van der Waals surface area contributed by atoms with Gasteiger partial charge in [-0.15, -0.1) is 0 Å². The van der Waals surface area contributed by atoms with Crippen molar-refractivity contribution in [3.8, 4) is 5.69 Å². The number of nitrogens with one attached hydrogen (secondary N) is 1. The number of morpholine rings is 1. The third kappa shape index (κ3) is 5.00. The van der Waals surface area contributed by atoms with Crippen LogP contribution in [-0.2, 0) is 17.8 Å². The first-order chi connectivity index (χ1) is 18.5. The highest BCUT2D eigenvalue weighted by molar-refractivity contribution is 5.79. The van der Waals surface area contributed by atoms with E-state index >= 15 is 8.78 Å². The Balaban J connectivity index is 1.27. The SMILES string of the molecule is Cc1ccc(Nc2ncc3ccn(-c4cc(F)c(CN5CCOCC5)c(F)c4)c3n2)cc1Cn1ccnc1. The van der Waals surface area contributed by atoms with Crippen LogP contribution in [-0.4, -0.2) is 55.3 Å². The van der Waals surface area contributed by atoms with Crippen molar-refractivity contribution in [3.05, 3.63) is 95.8 Å². The number of aromatic nitrogens is 5. The Labute approximate surface area is 218 Å². The van der Waals surface area contributed by atoms with Crippen molar-refractivity contribution in [2.45, 2.75) is 20.0 Å². The highest BCUT2D eigenvalue weighted by Crippen LogP contribution is 2.26. The smallest absolute Gasteiger partial charge is 0.229 e. The van der Waals surface area contributed by atoms with E-state index < -0.39 is 11.6 Å². The number of ether oxygens (including phenoxy) is 1. The van der Waals surface area contributed by atoms with Crippen molar-refractivity contribution in [1.82, 2.24) is 29.0 Å². The minimum Gasteiger partial charge on any atom is -0.379 e. The minimum atomic E-state index is -0.578. The Bertz CT molecular complexity index is 1550. The number of imidazole rings is 1. The Morgan fingerprint density at radius 1 is 1.00 bits per heavy atom. The Kier molecular flexibility index (Phi) is 6.57. The second-order valence-electron chi connectivity index (χ2n) is 9.44. The molecule has 0 spiro atoms. The molecule has 1 aliphatic heterocycles. The molecule has 0 saturated carbocycles. The van der Waals surface area contributed by atoms with Crippen LogP contribution < -0.4 is 5.32 Å². The molecular formula is C28H27F2N7O. The van der Waals surface area contributed by atoms with Gasteiger partial charge in [0.05, 0.1) is 25.2 Å². The van der Waals surface area contributed by atoms with Crippen molar-refractivity contribution in [3.63, 3.8) is 0 Å². The van der Waals surface area contributed by atoms with E-state index in [2.05, 4.69) is 33.3 Å². The molecule has 0 atom stereocenters. The van der Waals surface area contributed by atoms with Gasteiger partial charge < -0.3 is 19.2 Å². The van der Waals surface area contributed by atoms with Gasteiger partial charge in [0, 0.05) is 67.6 Å². The van der Waals surface area contributed by atoms with Gasteiger partial charge in [0.25, 0.3) is 0 Å². The van der Waals surface area contributed by atoms with E-state index in [9.17, 15) is 0 Å². The summed E-state index contributed by atoms with van der Waals surface area (Å²) in [6.07, 6.45) is 8.90. The molecule has 5 aromatic rings. The number of nitrogens with zero attached hydrogens (tertiary/aromatic N) is 6. The Hall–Kier alpha value is -4.15. The highest BCUT2D eigenvalue weighted by atomic mass is 19.1. The molecule has 4 heterocycles. The van der Waals surface area contributed by atoms with Gasteiger partial charge in [-0.25, -0.2) is 18.7 Å². The lowest BCUT2D eigenvalue weighted by molar-refractivity contribution is 0.0332. The summed E-state index contributed by atoms with van der Waals surface area (Å²) in [5.74, 6) is -0.767.